The van der Waals surface area contributed by atoms with Crippen molar-refractivity contribution in [3.63, 3.8) is 0 Å². The van der Waals surface area contributed by atoms with Crippen LogP contribution in [0.1, 0.15) is 31.2 Å². The molecule has 1 fully saturated rings. The van der Waals surface area contributed by atoms with E-state index < -0.39 is 15.5 Å². The van der Waals surface area contributed by atoms with Crippen molar-refractivity contribution in [1.29, 1.82) is 0 Å². The van der Waals surface area contributed by atoms with Crippen molar-refractivity contribution in [2.45, 2.75) is 48.4 Å². The van der Waals surface area contributed by atoms with Crippen LogP contribution in [0.5, 0.6) is 0 Å². The molecule has 18 heavy (non-hydrogen) atoms. The van der Waals surface area contributed by atoms with Crippen LogP contribution >= 0.6 is 0 Å². The Labute approximate surface area is 108 Å². The number of hydrogen-bond acceptors (Lipinski definition) is 4. The second-order valence-corrected chi connectivity index (χ2v) is 7.44. The fourth-order valence-electron chi connectivity index (χ4n) is 2.49. The predicted octanol–water partition coefficient (Wildman–Crippen LogP) is 1.33. The van der Waals surface area contributed by atoms with Gasteiger partial charge in [-0.15, -0.1) is 0 Å². The zero-order chi connectivity index (χ0) is 13.4. The Morgan fingerprint density at radius 3 is 2.28 bits per heavy atom. The van der Waals surface area contributed by atoms with Gasteiger partial charge in [-0.1, -0.05) is 18.2 Å². The topological polar surface area (TPSA) is 86.2 Å². The smallest absolute Gasteiger partial charge is 0.181 e. The molecule has 0 heterocycles. The monoisotopic (exact) mass is 268 g/mol. The Bertz CT molecular complexity index is 528. The van der Waals surface area contributed by atoms with Crippen LogP contribution in [0, 0.1) is 6.92 Å². The Balaban J connectivity index is 2.26. The molecule has 4 N–H and O–H groups in total. The van der Waals surface area contributed by atoms with E-state index >= 15 is 0 Å². The molecule has 1 saturated carbocycles. The van der Waals surface area contributed by atoms with E-state index in [9.17, 15) is 8.42 Å². The van der Waals surface area contributed by atoms with Gasteiger partial charge in [-0.3, -0.25) is 0 Å². The Morgan fingerprint density at radius 1 is 1.17 bits per heavy atom. The van der Waals surface area contributed by atoms with Gasteiger partial charge in [0.15, 0.2) is 9.84 Å². The molecule has 0 saturated heterocycles. The van der Waals surface area contributed by atoms with E-state index in [0.717, 1.165) is 5.56 Å². The molecular weight excluding hydrogens is 248 g/mol. The lowest BCUT2D eigenvalue weighted by Crippen LogP contribution is -2.53. The molecule has 100 valence electrons. The molecular formula is C13H20N2O2S. The lowest BCUT2D eigenvalue weighted by molar-refractivity contribution is 0.306. The van der Waals surface area contributed by atoms with E-state index in [-0.39, 0.29) is 5.25 Å². The largest absolute Gasteiger partial charge is 0.313 e. The summed E-state index contributed by atoms with van der Waals surface area (Å²) in [4.78, 5) is 0.441. The molecule has 2 rings (SSSR count). The normalized spacial score (nSPS) is 20.8. The van der Waals surface area contributed by atoms with Crippen LogP contribution in [0.4, 0.5) is 0 Å². The first-order valence-electron chi connectivity index (χ1n) is 6.20. The molecule has 0 aromatic heterocycles. The molecule has 0 spiro atoms. The SMILES string of the molecule is Cc1ccccc1S(=O)(=O)C1CCC(N)(N)CC1. The van der Waals surface area contributed by atoms with Crippen molar-refractivity contribution >= 4 is 9.84 Å². The van der Waals surface area contributed by atoms with Crippen molar-refractivity contribution in [2.75, 3.05) is 0 Å². The lowest BCUT2D eigenvalue weighted by Gasteiger charge is -2.33. The second-order valence-electron chi connectivity index (χ2n) is 5.24. The van der Waals surface area contributed by atoms with E-state index in [0.29, 0.717) is 30.6 Å². The highest BCUT2D eigenvalue weighted by molar-refractivity contribution is 7.92. The van der Waals surface area contributed by atoms with Gasteiger partial charge >= 0.3 is 0 Å². The van der Waals surface area contributed by atoms with Gasteiger partial charge in [-0.25, -0.2) is 8.42 Å². The van der Waals surface area contributed by atoms with Crippen LogP contribution in [-0.4, -0.2) is 19.3 Å². The van der Waals surface area contributed by atoms with Gasteiger partial charge in [0.1, 0.15) is 0 Å². The minimum absolute atomic E-state index is 0.348. The van der Waals surface area contributed by atoms with E-state index in [1.165, 1.54) is 0 Å². The third kappa shape index (κ3) is 2.58. The Kier molecular flexibility index (Phi) is 3.49. The van der Waals surface area contributed by atoms with Gasteiger partial charge in [0.2, 0.25) is 0 Å². The molecule has 0 aliphatic heterocycles. The first-order valence-corrected chi connectivity index (χ1v) is 7.75. The Hall–Kier alpha value is -0.910. The summed E-state index contributed by atoms with van der Waals surface area (Å²) in [5.74, 6) is 0. The fourth-order valence-corrected chi connectivity index (χ4v) is 4.49. The van der Waals surface area contributed by atoms with Crippen molar-refractivity contribution in [3.8, 4) is 0 Å². The minimum atomic E-state index is -3.25. The second kappa shape index (κ2) is 4.64. The zero-order valence-corrected chi connectivity index (χ0v) is 11.4. The molecule has 1 aromatic rings. The summed E-state index contributed by atoms with van der Waals surface area (Å²) in [6, 6.07) is 7.11. The molecule has 1 aromatic carbocycles. The van der Waals surface area contributed by atoms with Crippen LogP contribution in [0.3, 0.4) is 0 Å². The summed E-state index contributed by atoms with van der Waals surface area (Å²) in [5.41, 5.74) is 11.8. The highest BCUT2D eigenvalue weighted by Crippen LogP contribution is 2.31. The van der Waals surface area contributed by atoms with Crippen molar-refractivity contribution in [1.82, 2.24) is 0 Å². The van der Waals surface area contributed by atoms with E-state index in [1.54, 1.807) is 12.1 Å². The molecule has 5 heteroatoms. The summed E-state index contributed by atoms with van der Waals surface area (Å²) in [6.07, 6.45) is 2.21. The summed E-state index contributed by atoms with van der Waals surface area (Å²) < 4.78 is 25.1. The maximum Gasteiger partial charge on any atom is 0.181 e. The maximum absolute atomic E-state index is 12.5. The van der Waals surface area contributed by atoms with Gasteiger partial charge in [0.25, 0.3) is 0 Å². The standard InChI is InChI=1S/C13H20N2O2S/c1-10-4-2-3-5-12(10)18(16,17)11-6-8-13(14,15)9-7-11/h2-5,11H,6-9,14-15H2,1H3. The van der Waals surface area contributed by atoms with Gasteiger partial charge in [0.05, 0.1) is 15.8 Å². The highest BCUT2D eigenvalue weighted by atomic mass is 32.2. The van der Waals surface area contributed by atoms with Gasteiger partial charge in [-0.05, 0) is 44.2 Å². The van der Waals surface area contributed by atoms with E-state index in [2.05, 4.69) is 0 Å². The Morgan fingerprint density at radius 2 is 1.72 bits per heavy atom. The van der Waals surface area contributed by atoms with Crippen molar-refractivity contribution < 1.29 is 8.42 Å². The first-order chi connectivity index (χ1) is 8.33. The van der Waals surface area contributed by atoms with Crippen molar-refractivity contribution in [3.05, 3.63) is 29.8 Å². The van der Waals surface area contributed by atoms with Crippen LogP contribution in [-0.2, 0) is 9.84 Å². The summed E-state index contributed by atoms with van der Waals surface area (Å²) in [6.45, 7) is 1.83. The molecule has 0 atom stereocenters. The quantitative estimate of drug-likeness (QED) is 0.792. The maximum atomic E-state index is 12.5. The fraction of sp³-hybridized carbons (Fsp3) is 0.538. The lowest BCUT2D eigenvalue weighted by atomic mass is 9.90. The number of sulfone groups is 1. The van der Waals surface area contributed by atoms with E-state index in [4.69, 9.17) is 11.5 Å². The molecule has 4 nitrogen and oxygen atoms in total. The van der Waals surface area contributed by atoms with Crippen LogP contribution < -0.4 is 11.5 Å². The minimum Gasteiger partial charge on any atom is -0.313 e. The third-order valence-electron chi connectivity index (χ3n) is 3.70. The highest BCUT2D eigenvalue weighted by Gasteiger charge is 2.36. The summed E-state index contributed by atoms with van der Waals surface area (Å²) in [5, 5.41) is -0.348. The molecule has 0 radical (unpaired) electrons. The number of rotatable bonds is 2. The third-order valence-corrected chi connectivity index (χ3v) is 6.12. The summed E-state index contributed by atoms with van der Waals surface area (Å²) in [7, 11) is -3.25. The van der Waals surface area contributed by atoms with Crippen LogP contribution in [0.25, 0.3) is 0 Å². The number of aryl methyl sites for hydroxylation is 1. The molecule has 0 unspecified atom stereocenters. The van der Waals surface area contributed by atoms with Crippen molar-refractivity contribution in [2.24, 2.45) is 11.5 Å². The first kappa shape index (κ1) is 13.5. The number of hydrogen-bond donors (Lipinski definition) is 2. The van der Waals surface area contributed by atoms with Gasteiger partial charge in [0, 0.05) is 0 Å². The summed E-state index contributed by atoms with van der Waals surface area (Å²) >= 11 is 0. The van der Waals surface area contributed by atoms with Crippen LogP contribution in [0.15, 0.2) is 29.2 Å². The number of benzene rings is 1. The van der Waals surface area contributed by atoms with Gasteiger partial charge < -0.3 is 11.5 Å². The molecule has 1 aliphatic carbocycles. The average Bonchev–Trinajstić information content (AvgIpc) is 2.28. The van der Waals surface area contributed by atoms with Crippen LogP contribution in [0.2, 0.25) is 0 Å². The average molecular weight is 268 g/mol. The zero-order valence-electron chi connectivity index (χ0n) is 10.6. The molecule has 0 amide bonds. The van der Waals surface area contributed by atoms with Gasteiger partial charge in [-0.2, -0.15) is 0 Å². The predicted molar refractivity (Wildman–Crippen MR) is 71.7 cm³/mol. The molecule has 1 aliphatic rings. The molecule has 0 bridgehead atoms. The number of nitrogens with two attached hydrogens (primary N) is 2. The van der Waals surface area contributed by atoms with E-state index in [1.807, 2.05) is 19.1 Å².